The van der Waals surface area contributed by atoms with Crippen LogP contribution < -0.4 is 10.1 Å². The molecule has 1 N–H and O–H groups in total. The summed E-state index contributed by atoms with van der Waals surface area (Å²) in [5, 5.41) is 3.58. The highest BCUT2D eigenvalue weighted by Crippen LogP contribution is 2.29. The molecule has 2 unspecified atom stereocenters. The Labute approximate surface area is 104 Å². The largest absolute Gasteiger partial charge is 0.495 e. The minimum atomic E-state index is 0.414. The lowest BCUT2D eigenvalue weighted by atomic mass is 9.91. The minimum Gasteiger partial charge on any atom is -0.495 e. The summed E-state index contributed by atoms with van der Waals surface area (Å²) in [5.41, 5.74) is 1.07. The van der Waals surface area contributed by atoms with E-state index in [4.69, 9.17) is 4.74 Å². The van der Waals surface area contributed by atoms with E-state index >= 15 is 0 Å². The summed E-state index contributed by atoms with van der Waals surface area (Å²) in [4.78, 5) is 4.46. The van der Waals surface area contributed by atoms with E-state index < -0.39 is 0 Å². The van der Waals surface area contributed by atoms with Gasteiger partial charge in [0.05, 0.1) is 12.8 Å². The van der Waals surface area contributed by atoms with Gasteiger partial charge in [-0.25, -0.2) is 0 Å². The van der Waals surface area contributed by atoms with E-state index in [0.29, 0.717) is 11.8 Å². The fourth-order valence-electron chi connectivity index (χ4n) is 2.00. The van der Waals surface area contributed by atoms with Crippen LogP contribution >= 0.6 is 0 Å². The number of rotatable bonds is 6. The Morgan fingerprint density at radius 3 is 2.88 bits per heavy atom. The standard InChI is InChI=1S/C14H22N2O/c1-10(9-16-12-6-7-12)11(2)14-13(17-3)5-4-8-15-14/h4-5,8,10-12,16H,6-7,9H2,1-3H3. The third-order valence-corrected chi connectivity index (χ3v) is 3.61. The van der Waals surface area contributed by atoms with Gasteiger partial charge in [0.15, 0.2) is 0 Å². The van der Waals surface area contributed by atoms with Crippen molar-refractivity contribution in [2.75, 3.05) is 13.7 Å². The molecule has 3 nitrogen and oxygen atoms in total. The number of methoxy groups -OCH3 is 1. The highest BCUT2D eigenvalue weighted by molar-refractivity contribution is 5.29. The van der Waals surface area contributed by atoms with Gasteiger partial charge in [0.25, 0.3) is 0 Å². The first kappa shape index (κ1) is 12.4. The first-order chi connectivity index (χ1) is 8.22. The molecule has 1 aromatic rings. The highest BCUT2D eigenvalue weighted by Gasteiger charge is 2.24. The van der Waals surface area contributed by atoms with E-state index in [1.54, 1.807) is 7.11 Å². The second kappa shape index (κ2) is 5.50. The van der Waals surface area contributed by atoms with Gasteiger partial charge in [0, 0.05) is 18.2 Å². The molecule has 0 radical (unpaired) electrons. The normalized spacial score (nSPS) is 18.8. The van der Waals surface area contributed by atoms with E-state index in [2.05, 4.69) is 24.1 Å². The fraction of sp³-hybridized carbons (Fsp3) is 0.643. The number of nitrogens with zero attached hydrogens (tertiary/aromatic N) is 1. The Morgan fingerprint density at radius 2 is 2.24 bits per heavy atom. The molecule has 1 aliphatic carbocycles. The zero-order chi connectivity index (χ0) is 12.3. The van der Waals surface area contributed by atoms with Gasteiger partial charge >= 0.3 is 0 Å². The number of nitrogens with one attached hydrogen (secondary N) is 1. The molecule has 1 fully saturated rings. The summed E-state index contributed by atoms with van der Waals surface area (Å²) in [7, 11) is 1.71. The summed E-state index contributed by atoms with van der Waals surface area (Å²) in [6.07, 6.45) is 4.53. The van der Waals surface area contributed by atoms with E-state index in [0.717, 1.165) is 24.0 Å². The quantitative estimate of drug-likeness (QED) is 0.821. The lowest BCUT2D eigenvalue weighted by Crippen LogP contribution is -2.26. The van der Waals surface area contributed by atoms with Crippen molar-refractivity contribution in [3.05, 3.63) is 24.0 Å². The maximum atomic E-state index is 5.37. The molecule has 2 atom stereocenters. The summed E-state index contributed by atoms with van der Waals surface area (Å²) < 4.78 is 5.37. The van der Waals surface area contributed by atoms with Gasteiger partial charge in [0.2, 0.25) is 0 Å². The molecule has 1 heterocycles. The number of aromatic nitrogens is 1. The van der Waals surface area contributed by atoms with Crippen molar-refractivity contribution in [2.45, 2.75) is 38.6 Å². The predicted molar refractivity (Wildman–Crippen MR) is 69.4 cm³/mol. The van der Waals surface area contributed by atoms with Crippen molar-refractivity contribution in [1.29, 1.82) is 0 Å². The monoisotopic (exact) mass is 234 g/mol. The third kappa shape index (κ3) is 3.19. The van der Waals surface area contributed by atoms with Crippen molar-refractivity contribution in [3.63, 3.8) is 0 Å². The van der Waals surface area contributed by atoms with Gasteiger partial charge in [0.1, 0.15) is 5.75 Å². The van der Waals surface area contributed by atoms with Gasteiger partial charge in [-0.05, 0) is 37.4 Å². The molecule has 0 aromatic carbocycles. The van der Waals surface area contributed by atoms with E-state index in [9.17, 15) is 0 Å². The summed E-state index contributed by atoms with van der Waals surface area (Å²) in [6.45, 7) is 5.56. The molecule has 0 aliphatic heterocycles. The van der Waals surface area contributed by atoms with Gasteiger partial charge < -0.3 is 10.1 Å². The van der Waals surface area contributed by atoms with Crippen LogP contribution in [0.5, 0.6) is 5.75 Å². The number of ether oxygens (including phenoxy) is 1. The van der Waals surface area contributed by atoms with Crippen LogP contribution in [-0.4, -0.2) is 24.7 Å². The van der Waals surface area contributed by atoms with Crippen molar-refractivity contribution >= 4 is 0 Å². The second-order valence-electron chi connectivity index (χ2n) is 5.04. The zero-order valence-corrected chi connectivity index (χ0v) is 10.9. The molecule has 0 amide bonds. The van der Waals surface area contributed by atoms with Crippen LogP contribution in [0.1, 0.15) is 38.3 Å². The topological polar surface area (TPSA) is 34.1 Å². The maximum Gasteiger partial charge on any atom is 0.140 e. The number of pyridine rings is 1. The smallest absolute Gasteiger partial charge is 0.140 e. The lowest BCUT2D eigenvalue weighted by Gasteiger charge is -2.21. The van der Waals surface area contributed by atoms with Crippen molar-refractivity contribution in [1.82, 2.24) is 10.3 Å². The van der Waals surface area contributed by atoms with Crippen molar-refractivity contribution < 1.29 is 4.74 Å². The van der Waals surface area contributed by atoms with Crippen LogP contribution in [0.3, 0.4) is 0 Å². The average Bonchev–Trinajstić information content (AvgIpc) is 3.19. The Kier molecular flexibility index (Phi) is 4.00. The summed E-state index contributed by atoms with van der Waals surface area (Å²) in [6, 6.07) is 4.68. The summed E-state index contributed by atoms with van der Waals surface area (Å²) in [5.74, 6) is 1.88. The van der Waals surface area contributed by atoms with Gasteiger partial charge in [-0.1, -0.05) is 13.8 Å². The molecule has 2 rings (SSSR count). The fourth-order valence-corrected chi connectivity index (χ4v) is 2.00. The molecule has 0 bridgehead atoms. The Balaban J connectivity index is 1.98. The third-order valence-electron chi connectivity index (χ3n) is 3.61. The lowest BCUT2D eigenvalue weighted by molar-refractivity contribution is 0.383. The van der Waals surface area contributed by atoms with Crippen LogP contribution in [0.4, 0.5) is 0 Å². The second-order valence-corrected chi connectivity index (χ2v) is 5.04. The SMILES string of the molecule is COc1cccnc1C(C)C(C)CNC1CC1. The first-order valence-electron chi connectivity index (χ1n) is 6.44. The molecule has 1 aromatic heterocycles. The van der Waals surface area contributed by atoms with Gasteiger partial charge in [-0.2, -0.15) is 0 Å². The van der Waals surface area contributed by atoms with E-state index in [1.807, 2.05) is 18.3 Å². The Bertz CT molecular complexity index is 363. The van der Waals surface area contributed by atoms with E-state index in [1.165, 1.54) is 12.8 Å². The highest BCUT2D eigenvalue weighted by atomic mass is 16.5. The van der Waals surface area contributed by atoms with Crippen LogP contribution in [0, 0.1) is 5.92 Å². The molecule has 3 heteroatoms. The summed E-state index contributed by atoms with van der Waals surface area (Å²) >= 11 is 0. The number of hydrogen-bond donors (Lipinski definition) is 1. The zero-order valence-electron chi connectivity index (χ0n) is 10.9. The molecule has 0 spiro atoms. The average molecular weight is 234 g/mol. The molecule has 0 saturated heterocycles. The van der Waals surface area contributed by atoms with Crippen LogP contribution in [0.25, 0.3) is 0 Å². The Hall–Kier alpha value is -1.09. The molecule has 1 saturated carbocycles. The van der Waals surface area contributed by atoms with Crippen LogP contribution in [0.2, 0.25) is 0 Å². The van der Waals surface area contributed by atoms with Crippen LogP contribution in [-0.2, 0) is 0 Å². The Morgan fingerprint density at radius 1 is 1.47 bits per heavy atom. The molecule has 94 valence electrons. The molecule has 17 heavy (non-hydrogen) atoms. The molecular formula is C14H22N2O. The van der Waals surface area contributed by atoms with E-state index in [-0.39, 0.29) is 0 Å². The van der Waals surface area contributed by atoms with Crippen molar-refractivity contribution in [3.8, 4) is 5.75 Å². The van der Waals surface area contributed by atoms with Crippen molar-refractivity contribution in [2.24, 2.45) is 5.92 Å². The van der Waals surface area contributed by atoms with Gasteiger partial charge in [-0.3, -0.25) is 4.98 Å². The predicted octanol–water partition coefficient (Wildman–Crippen LogP) is 2.58. The molecular weight excluding hydrogens is 212 g/mol. The first-order valence-corrected chi connectivity index (χ1v) is 6.44. The van der Waals surface area contributed by atoms with Crippen LogP contribution in [0.15, 0.2) is 18.3 Å². The maximum absolute atomic E-state index is 5.37. The molecule has 1 aliphatic rings. The van der Waals surface area contributed by atoms with Gasteiger partial charge in [-0.15, -0.1) is 0 Å². The minimum absolute atomic E-state index is 0.414. The number of hydrogen-bond acceptors (Lipinski definition) is 3.